The predicted octanol–water partition coefficient (Wildman–Crippen LogP) is 4.13. The van der Waals surface area contributed by atoms with Gasteiger partial charge in [-0.05, 0) is 23.8 Å². The van der Waals surface area contributed by atoms with Crippen molar-refractivity contribution in [1.82, 2.24) is 4.90 Å². The van der Waals surface area contributed by atoms with Crippen LogP contribution in [0, 0.1) is 0 Å². The summed E-state index contributed by atoms with van der Waals surface area (Å²) in [6, 6.07) is 12.6. The molecule has 30 heavy (non-hydrogen) atoms. The fourth-order valence-corrected chi connectivity index (χ4v) is 4.29. The van der Waals surface area contributed by atoms with E-state index in [0.29, 0.717) is 33.3 Å². The second-order valence-electron chi connectivity index (χ2n) is 6.96. The molecule has 2 amide bonds. The van der Waals surface area contributed by atoms with Gasteiger partial charge in [0, 0.05) is 10.8 Å². The Kier molecular flexibility index (Phi) is 6.72. The van der Waals surface area contributed by atoms with Gasteiger partial charge < -0.3 is 14.2 Å². The fourth-order valence-electron chi connectivity index (χ4n) is 3.29. The number of hydrogen-bond donors (Lipinski definition) is 0. The van der Waals surface area contributed by atoms with E-state index in [1.807, 2.05) is 32.0 Å². The van der Waals surface area contributed by atoms with Gasteiger partial charge in [-0.3, -0.25) is 14.5 Å². The Hall–Kier alpha value is -2.93. The number of nitrogens with zero attached hydrogens (tertiary/aromatic N) is 1. The number of carbonyl (C=O) groups is 2. The summed E-state index contributed by atoms with van der Waals surface area (Å²) in [5, 5.41) is 0.141. The number of methoxy groups -OCH3 is 3. The predicted molar refractivity (Wildman–Crippen MR) is 118 cm³/mol. The molecule has 158 valence electrons. The summed E-state index contributed by atoms with van der Waals surface area (Å²) in [5.74, 6) is 1.06. The molecule has 1 aliphatic heterocycles. The third-order valence-electron chi connectivity index (χ3n) is 4.64. The highest BCUT2D eigenvalue weighted by Crippen LogP contribution is 2.41. The van der Waals surface area contributed by atoms with Crippen LogP contribution in [0.25, 0.3) is 5.57 Å². The average Bonchev–Trinajstić information content (AvgIpc) is 2.97. The van der Waals surface area contributed by atoms with Crippen molar-refractivity contribution in [2.45, 2.75) is 25.6 Å². The molecule has 2 aromatic carbocycles. The van der Waals surface area contributed by atoms with Crippen molar-refractivity contribution in [3.8, 4) is 17.2 Å². The van der Waals surface area contributed by atoms with Gasteiger partial charge >= 0.3 is 0 Å². The number of carbonyl (C=O) groups excluding carboxylic acids is 2. The summed E-state index contributed by atoms with van der Waals surface area (Å²) in [5.41, 5.74) is 1.78. The summed E-state index contributed by atoms with van der Waals surface area (Å²) in [7, 11) is 4.66. The minimum absolute atomic E-state index is 0.138. The number of imide groups is 1. The molecule has 0 aromatic heterocycles. The molecule has 2 aromatic rings. The molecular weight excluding hydrogens is 402 g/mol. The second kappa shape index (κ2) is 9.26. The molecule has 0 aliphatic carbocycles. The summed E-state index contributed by atoms with van der Waals surface area (Å²) in [4.78, 5) is 28.3. The van der Waals surface area contributed by atoms with Crippen LogP contribution in [0.2, 0.25) is 0 Å². The van der Waals surface area contributed by atoms with E-state index >= 15 is 0 Å². The van der Waals surface area contributed by atoms with E-state index in [1.54, 1.807) is 45.6 Å². The highest BCUT2D eigenvalue weighted by molar-refractivity contribution is 8.04. The van der Waals surface area contributed by atoms with Crippen molar-refractivity contribution < 1.29 is 23.8 Å². The van der Waals surface area contributed by atoms with Gasteiger partial charge in [-0.15, -0.1) is 11.8 Å². The molecule has 1 heterocycles. The quantitative estimate of drug-likeness (QED) is 0.590. The summed E-state index contributed by atoms with van der Waals surface area (Å²) in [6.45, 7) is 4.12. The van der Waals surface area contributed by atoms with Crippen LogP contribution in [0.1, 0.15) is 25.0 Å². The van der Waals surface area contributed by atoms with Crippen molar-refractivity contribution in [3.05, 3.63) is 58.5 Å². The highest BCUT2D eigenvalue weighted by atomic mass is 32.2. The lowest BCUT2D eigenvalue weighted by Crippen LogP contribution is -2.31. The summed E-state index contributed by atoms with van der Waals surface area (Å²) in [6.07, 6.45) is 0. The lowest BCUT2D eigenvalue weighted by Gasteiger charge is -2.17. The molecule has 6 nitrogen and oxygen atoms in total. The van der Waals surface area contributed by atoms with Crippen LogP contribution in [0.3, 0.4) is 0 Å². The van der Waals surface area contributed by atoms with Gasteiger partial charge in [0.1, 0.15) is 5.75 Å². The Labute approximate surface area is 180 Å². The minimum Gasteiger partial charge on any atom is -0.496 e. The monoisotopic (exact) mass is 427 g/mol. The van der Waals surface area contributed by atoms with Crippen LogP contribution in [-0.4, -0.2) is 43.3 Å². The van der Waals surface area contributed by atoms with Crippen molar-refractivity contribution in [2.75, 3.05) is 21.3 Å². The standard InChI is InChI=1S/C23H25NO5S/c1-14(2)30-21-20(16-8-6-7-9-17(16)27-3)22(25)24(23(21)26)13-15-10-11-18(28-4)19(12-15)29-5/h6-12,14H,13H2,1-5H3. The van der Waals surface area contributed by atoms with E-state index in [-0.39, 0.29) is 23.6 Å². The number of para-hydroxylation sites is 1. The molecular formula is C23H25NO5S. The van der Waals surface area contributed by atoms with E-state index in [4.69, 9.17) is 14.2 Å². The Morgan fingerprint density at radius 1 is 0.867 bits per heavy atom. The largest absolute Gasteiger partial charge is 0.496 e. The molecule has 1 aliphatic rings. The lowest BCUT2D eigenvalue weighted by atomic mass is 10.0. The molecule has 7 heteroatoms. The number of thioether (sulfide) groups is 1. The molecule has 0 spiro atoms. The first-order chi connectivity index (χ1) is 14.4. The molecule has 0 saturated carbocycles. The van der Waals surface area contributed by atoms with Gasteiger partial charge in [0.05, 0.1) is 38.4 Å². The normalized spacial score (nSPS) is 14.0. The topological polar surface area (TPSA) is 65.1 Å². The van der Waals surface area contributed by atoms with Crippen LogP contribution >= 0.6 is 11.8 Å². The SMILES string of the molecule is COc1ccc(CN2C(=O)C(SC(C)C)=C(c3ccccc3OC)C2=O)cc1OC. The summed E-state index contributed by atoms with van der Waals surface area (Å²) >= 11 is 1.39. The third kappa shape index (κ3) is 4.16. The molecule has 0 N–H and O–H groups in total. The first kappa shape index (κ1) is 21.8. The smallest absolute Gasteiger partial charge is 0.268 e. The maximum absolute atomic E-state index is 13.4. The van der Waals surface area contributed by atoms with Gasteiger partial charge in [-0.2, -0.15) is 0 Å². The van der Waals surface area contributed by atoms with E-state index in [2.05, 4.69) is 0 Å². The van der Waals surface area contributed by atoms with Crippen LogP contribution < -0.4 is 14.2 Å². The second-order valence-corrected chi connectivity index (χ2v) is 8.54. The Morgan fingerprint density at radius 3 is 2.17 bits per heavy atom. The fraction of sp³-hybridized carbons (Fsp3) is 0.304. The average molecular weight is 428 g/mol. The van der Waals surface area contributed by atoms with Gasteiger partial charge in [-0.25, -0.2) is 0 Å². The third-order valence-corrected chi connectivity index (χ3v) is 5.73. The molecule has 0 saturated heterocycles. The Balaban J connectivity index is 2.00. The summed E-state index contributed by atoms with van der Waals surface area (Å²) < 4.78 is 16.1. The van der Waals surface area contributed by atoms with E-state index < -0.39 is 0 Å². The van der Waals surface area contributed by atoms with E-state index in [1.165, 1.54) is 16.7 Å². The van der Waals surface area contributed by atoms with Crippen molar-refractivity contribution in [1.29, 1.82) is 0 Å². The minimum atomic E-state index is -0.331. The van der Waals surface area contributed by atoms with Crippen LogP contribution in [0.15, 0.2) is 47.4 Å². The number of rotatable bonds is 8. The zero-order valence-electron chi connectivity index (χ0n) is 17.7. The van der Waals surface area contributed by atoms with Crippen molar-refractivity contribution >= 4 is 29.1 Å². The van der Waals surface area contributed by atoms with Crippen LogP contribution in [-0.2, 0) is 16.1 Å². The molecule has 0 bridgehead atoms. The number of hydrogen-bond acceptors (Lipinski definition) is 6. The van der Waals surface area contributed by atoms with Crippen molar-refractivity contribution in [3.63, 3.8) is 0 Å². The van der Waals surface area contributed by atoms with Gasteiger partial charge in [-0.1, -0.05) is 38.1 Å². The molecule has 0 fully saturated rings. The van der Waals surface area contributed by atoms with Gasteiger partial charge in [0.15, 0.2) is 11.5 Å². The van der Waals surface area contributed by atoms with E-state index in [0.717, 1.165) is 5.56 Å². The van der Waals surface area contributed by atoms with Crippen LogP contribution in [0.5, 0.6) is 17.2 Å². The number of benzene rings is 2. The number of ether oxygens (including phenoxy) is 3. The van der Waals surface area contributed by atoms with E-state index in [9.17, 15) is 9.59 Å². The first-order valence-electron chi connectivity index (χ1n) is 9.52. The molecule has 0 atom stereocenters. The van der Waals surface area contributed by atoms with Crippen LogP contribution in [0.4, 0.5) is 0 Å². The highest BCUT2D eigenvalue weighted by Gasteiger charge is 2.40. The zero-order valence-corrected chi connectivity index (χ0v) is 18.5. The van der Waals surface area contributed by atoms with Gasteiger partial charge in [0.25, 0.3) is 11.8 Å². The maximum atomic E-state index is 13.4. The zero-order chi connectivity index (χ0) is 21.8. The van der Waals surface area contributed by atoms with Crippen molar-refractivity contribution in [2.24, 2.45) is 0 Å². The van der Waals surface area contributed by atoms with Gasteiger partial charge in [0.2, 0.25) is 0 Å². The maximum Gasteiger partial charge on any atom is 0.268 e. The molecule has 3 rings (SSSR count). The Morgan fingerprint density at radius 2 is 1.53 bits per heavy atom. The number of amides is 2. The molecule has 0 unspecified atom stereocenters. The Bertz CT molecular complexity index is 999. The first-order valence-corrected chi connectivity index (χ1v) is 10.4. The lowest BCUT2D eigenvalue weighted by molar-refractivity contribution is -0.137. The molecule has 0 radical (unpaired) electrons.